The van der Waals surface area contributed by atoms with Gasteiger partial charge in [-0.2, -0.15) is 0 Å². The lowest BCUT2D eigenvalue weighted by molar-refractivity contribution is 0.619. The van der Waals surface area contributed by atoms with Crippen molar-refractivity contribution in [1.82, 2.24) is 4.98 Å². The third kappa shape index (κ3) is 2.37. The lowest BCUT2D eigenvalue weighted by Gasteiger charge is -2.00. The van der Waals surface area contributed by atoms with Gasteiger partial charge < -0.3 is 5.73 Å². The van der Waals surface area contributed by atoms with Crippen LogP contribution in [0.25, 0.3) is 10.6 Å². The van der Waals surface area contributed by atoms with E-state index in [2.05, 4.69) is 4.98 Å². The molecule has 4 heteroatoms. The van der Waals surface area contributed by atoms with Gasteiger partial charge in [0.25, 0.3) is 0 Å². The van der Waals surface area contributed by atoms with Gasteiger partial charge in [0.15, 0.2) is 0 Å². The van der Waals surface area contributed by atoms with Crippen LogP contribution in [0.4, 0.5) is 4.39 Å². The SMILES string of the molecule is Cc1cc(-c2nc(C)c(C(C)N)s2)ccc1F. The molecule has 2 aromatic rings. The van der Waals surface area contributed by atoms with Crippen molar-refractivity contribution in [2.75, 3.05) is 0 Å². The van der Waals surface area contributed by atoms with E-state index in [1.54, 1.807) is 24.3 Å². The maximum absolute atomic E-state index is 13.2. The quantitative estimate of drug-likeness (QED) is 0.884. The highest BCUT2D eigenvalue weighted by molar-refractivity contribution is 7.15. The number of halogens is 1. The van der Waals surface area contributed by atoms with Crippen molar-refractivity contribution in [2.45, 2.75) is 26.8 Å². The van der Waals surface area contributed by atoms with Crippen LogP contribution >= 0.6 is 11.3 Å². The summed E-state index contributed by atoms with van der Waals surface area (Å²) >= 11 is 1.58. The van der Waals surface area contributed by atoms with Crippen molar-refractivity contribution in [3.63, 3.8) is 0 Å². The molecule has 90 valence electrons. The molecular formula is C13H15FN2S. The summed E-state index contributed by atoms with van der Waals surface area (Å²) in [5.74, 6) is -0.186. The fraction of sp³-hybridized carbons (Fsp3) is 0.308. The van der Waals surface area contributed by atoms with Crippen molar-refractivity contribution in [3.05, 3.63) is 40.2 Å². The zero-order valence-corrected chi connectivity index (χ0v) is 10.9. The largest absolute Gasteiger partial charge is 0.323 e. The van der Waals surface area contributed by atoms with E-state index in [0.717, 1.165) is 21.1 Å². The zero-order valence-electron chi connectivity index (χ0n) is 10.1. The third-order valence-corrected chi connectivity index (χ3v) is 4.06. The third-order valence-electron chi connectivity index (χ3n) is 2.65. The number of rotatable bonds is 2. The Labute approximate surface area is 104 Å². The van der Waals surface area contributed by atoms with E-state index in [0.29, 0.717) is 5.56 Å². The summed E-state index contributed by atoms with van der Waals surface area (Å²) < 4.78 is 13.2. The monoisotopic (exact) mass is 250 g/mol. The lowest BCUT2D eigenvalue weighted by Crippen LogP contribution is -2.03. The molecule has 0 radical (unpaired) electrons. The Morgan fingerprint density at radius 3 is 2.59 bits per heavy atom. The van der Waals surface area contributed by atoms with Gasteiger partial charge in [-0.3, -0.25) is 0 Å². The molecule has 0 spiro atoms. The van der Waals surface area contributed by atoms with Gasteiger partial charge in [-0.05, 0) is 44.5 Å². The average molecular weight is 250 g/mol. The van der Waals surface area contributed by atoms with Crippen LogP contribution in [-0.2, 0) is 0 Å². The number of hydrogen-bond donors (Lipinski definition) is 1. The summed E-state index contributed by atoms with van der Waals surface area (Å²) in [6.07, 6.45) is 0. The second-order valence-electron chi connectivity index (χ2n) is 4.22. The first-order chi connectivity index (χ1) is 7.99. The molecule has 0 aliphatic heterocycles. The van der Waals surface area contributed by atoms with Crippen LogP contribution in [0.5, 0.6) is 0 Å². The number of benzene rings is 1. The number of hydrogen-bond acceptors (Lipinski definition) is 3. The highest BCUT2D eigenvalue weighted by Gasteiger charge is 2.12. The number of thiazole rings is 1. The molecule has 0 aliphatic carbocycles. The molecule has 0 bridgehead atoms. The molecule has 0 fully saturated rings. The first-order valence-corrected chi connectivity index (χ1v) is 6.30. The standard InChI is InChI=1S/C13H15FN2S/c1-7-6-10(4-5-11(7)14)13-16-9(3)12(17-13)8(2)15/h4-6,8H,15H2,1-3H3. The molecular weight excluding hydrogens is 235 g/mol. The van der Waals surface area contributed by atoms with Gasteiger partial charge in [0.05, 0.1) is 5.69 Å². The van der Waals surface area contributed by atoms with Crippen molar-refractivity contribution in [3.8, 4) is 10.6 Å². The van der Waals surface area contributed by atoms with Crippen LogP contribution in [0.2, 0.25) is 0 Å². The molecule has 0 aliphatic rings. The molecule has 1 aromatic carbocycles. The Morgan fingerprint density at radius 1 is 1.35 bits per heavy atom. The Bertz CT molecular complexity index is 546. The van der Waals surface area contributed by atoms with Gasteiger partial charge in [0.2, 0.25) is 0 Å². The summed E-state index contributed by atoms with van der Waals surface area (Å²) in [6.45, 7) is 5.65. The molecule has 17 heavy (non-hydrogen) atoms. The van der Waals surface area contributed by atoms with Gasteiger partial charge in [-0.1, -0.05) is 0 Å². The highest BCUT2D eigenvalue weighted by atomic mass is 32.1. The fourth-order valence-electron chi connectivity index (χ4n) is 1.73. The van der Waals surface area contributed by atoms with Gasteiger partial charge in [0, 0.05) is 16.5 Å². The predicted octanol–water partition coefficient (Wildman–Crippen LogP) is 3.59. The first-order valence-electron chi connectivity index (χ1n) is 5.48. The van der Waals surface area contributed by atoms with Gasteiger partial charge in [-0.25, -0.2) is 9.37 Å². The van der Waals surface area contributed by atoms with Crippen LogP contribution in [-0.4, -0.2) is 4.98 Å². The van der Waals surface area contributed by atoms with Crippen LogP contribution in [0.1, 0.15) is 29.1 Å². The summed E-state index contributed by atoms with van der Waals surface area (Å²) in [7, 11) is 0. The van der Waals surface area contributed by atoms with E-state index >= 15 is 0 Å². The molecule has 0 amide bonds. The molecule has 1 unspecified atom stereocenters. The minimum Gasteiger partial charge on any atom is -0.323 e. The lowest BCUT2D eigenvalue weighted by atomic mass is 10.1. The highest BCUT2D eigenvalue weighted by Crippen LogP contribution is 2.31. The minimum atomic E-state index is -0.186. The molecule has 2 nitrogen and oxygen atoms in total. The van der Waals surface area contributed by atoms with E-state index in [4.69, 9.17) is 5.73 Å². The summed E-state index contributed by atoms with van der Waals surface area (Å²) in [5, 5.41) is 0.901. The van der Waals surface area contributed by atoms with E-state index < -0.39 is 0 Å². The van der Waals surface area contributed by atoms with Crippen molar-refractivity contribution in [1.29, 1.82) is 0 Å². The molecule has 1 heterocycles. The van der Waals surface area contributed by atoms with Gasteiger partial charge >= 0.3 is 0 Å². The second-order valence-corrected chi connectivity index (χ2v) is 5.25. The number of nitrogens with two attached hydrogens (primary N) is 1. The van der Waals surface area contributed by atoms with Gasteiger partial charge in [0.1, 0.15) is 10.8 Å². The maximum atomic E-state index is 13.2. The Balaban J connectivity index is 2.46. The average Bonchev–Trinajstić information content (AvgIpc) is 2.64. The molecule has 0 saturated heterocycles. The Kier molecular flexibility index (Phi) is 3.26. The van der Waals surface area contributed by atoms with E-state index in [-0.39, 0.29) is 11.9 Å². The van der Waals surface area contributed by atoms with E-state index in [1.165, 1.54) is 6.07 Å². The summed E-state index contributed by atoms with van der Waals surface area (Å²) in [4.78, 5) is 5.57. The zero-order chi connectivity index (χ0) is 12.6. The predicted molar refractivity (Wildman–Crippen MR) is 69.6 cm³/mol. The molecule has 2 N–H and O–H groups in total. The van der Waals surface area contributed by atoms with Crippen molar-refractivity contribution in [2.24, 2.45) is 5.73 Å². The Morgan fingerprint density at radius 2 is 2.06 bits per heavy atom. The van der Waals surface area contributed by atoms with Crippen LogP contribution < -0.4 is 5.73 Å². The fourth-order valence-corrected chi connectivity index (χ4v) is 2.75. The van der Waals surface area contributed by atoms with Crippen molar-refractivity contribution >= 4 is 11.3 Å². The van der Waals surface area contributed by atoms with E-state index in [9.17, 15) is 4.39 Å². The van der Waals surface area contributed by atoms with E-state index in [1.807, 2.05) is 19.9 Å². The van der Waals surface area contributed by atoms with Crippen LogP contribution in [0.15, 0.2) is 18.2 Å². The minimum absolute atomic E-state index is 0.0113. The number of aromatic nitrogens is 1. The van der Waals surface area contributed by atoms with Crippen LogP contribution in [0.3, 0.4) is 0 Å². The maximum Gasteiger partial charge on any atom is 0.126 e. The number of nitrogens with zero attached hydrogens (tertiary/aromatic N) is 1. The summed E-state index contributed by atoms with van der Waals surface area (Å²) in [6, 6.07) is 5.04. The van der Waals surface area contributed by atoms with Crippen molar-refractivity contribution < 1.29 is 4.39 Å². The molecule has 0 saturated carbocycles. The first kappa shape index (κ1) is 12.2. The molecule has 1 atom stereocenters. The molecule has 1 aromatic heterocycles. The second kappa shape index (κ2) is 4.55. The van der Waals surface area contributed by atoms with Crippen LogP contribution in [0, 0.1) is 19.7 Å². The summed E-state index contributed by atoms with van der Waals surface area (Å²) in [5.41, 5.74) is 8.42. The van der Waals surface area contributed by atoms with Gasteiger partial charge in [-0.15, -0.1) is 11.3 Å². The molecule has 2 rings (SSSR count). The topological polar surface area (TPSA) is 38.9 Å². The number of aryl methyl sites for hydroxylation is 2. The smallest absolute Gasteiger partial charge is 0.126 e. The Hall–Kier alpha value is -1.26. The normalized spacial score (nSPS) is 12.8.